The molecule has 16 heavy (non-hydrogen) atoms. The second-order valence-corrected chi connectivity index (χ2v) is 4.01. The number of nitrogens with zero attached hydrogens (tertiary/aromatic N) is 1. The molecule has 0 bridgehead atoms. The molecule has 4 nitrogen and oxygen atoms in total. The summed E-state index contributed by atoms with van der Waals surface area (Å²) in [6.45, 7) is 3.14. The van der Waals surface area contributed by atoms with Crippen LogP contribution in [0.3, 0.4) is 0 Å². The lowest BCUT2D eigenvalue weighted by Crippen LogP contribution is -2.41. The van der Waals surface area contributed by atoms with Gasteiger partial charge in [0.2, 0.25) is 0 Å². The van der Waals surface area contributed by atoms with Crippen LogP contribution in [0.4, 0.5) is 10.5 Å². The molecular weight excluding hydrogens is 204 g/mol. The fourth-order valence-electron chi connectivity index (χ4n) is 1.74. The maximum atomic E-state index is 11.6. The van der Waals surface area contributed by atoms with Crippen LogP contribution in [0, 0.1) is 0 Å². The van der Waals surface area contributed by atoms with Gasteiger partial charge in [-0.15, -0.1) is 0 Å². The standard InChI is InChI=1S/C12H16N2O2/c1-9-6-7-14(12(15)16-9)11-4-2-10(8-13)3-5-11/h2-5,9H,6-8,13H2,1H3. The van der Waals surface area contributed by atoms with Crippen LogP contribution in [0.15, 0.2) is 24.3 Å². The van der Waals surface area contributed by atoms with Crippen molar-refractivity contribution in [1.29, 1.82) is 0 Å². The molecule has 2 rings (SSSR count). The van der Waals surface area contributed by atoms with Crippen molar-refractivity contribution in [3.8, 4) is 0 Å². The number of hydrogen-bond acceptors (Lipinski definition) is 3. The second-order valence-electron chi connectivity index (χ2n) is 4.01. The summed E-state index contributed by atoms with van der Waals surface area (Å²) in [5, 5.41) is 0. The molecule has 1 fully saturated rings. The number of hydrogen-bond donors (Lipinski definition) is 1. The minimum atomic E-state index is -0.265. The third-order valence-electron chi connectivity index (χ3n) is 2.77. The van der Waals surface area contributed by atoms with Crippen molar-refractivity contribution in [1.82, 2.24) is 0 Å². The number of nitrogens with two attached hydrogens (primary N) is 1. The first kappa shape index (κ1) is 11.0. The van der Waals surface area contributed by atoms with Crippen LogP contribution >= 0.6 is 0 Å². The van der Waals surface area contributed by atoms with Crippen LogP contribution in [0.25, 0.3) is 0 Å². The van der Waals surface area contributed by atoms with E-state index in [4.69, 9.17) is 10.5 Å². The van der Waals surface area contributed by atoms with E-state index in [1.165, 1.54) is 0 Å². The van der Waals surface area contributed by atoms with E-state index in [0.29, 0.717) is 13.1 Å². The van der Waals surface area contributed by atoms with Gasteiger partial charge in [-0.05, 0) is 24.6 Å². The average Bonchev–Trinajstić information content (AvgIpc) is 2.29. The van der Waals surface area contributed by atoms with Gasteiger partial charge in [-0.25, -0.2) is 4.79 Å². The predicted molar refractivity (Wildman–Crippen MR) is 62.2 cm³/mol. The predicted octanol–water partition coefficient (Wildman–Crippen LogP) is 1.88. The normalized spacial score (nSPS) is 20.8. The molecule has 1 atom stereocenters. The Morgan fingerprint density at radius 2 is 2.12 bits per heavy atom. The van der Waals surface area contributed by atoms with Crippen molar-refractivity contribution in [2.24, 2.45) is 5.73 Å². The van der Waals surface area contributed by atoms with E-state index in [2.05, 4.69) is 0 Å². The highest BCUT2D eigenvalue weighted by atomic mass is 16.6. The van der Waals surface area contributed by atoms with Gasteiger partial charge in [0, 0.05) is 25.2 Å². The molecule has 1 aromatic rings. The quantitative estimate of drug-likeness (QED) is 0.828. The maximum Gasteiger partial charge on any atom is 0.414 e. The van der Waals surface area contributed by atoms with E-state index >= 15 is 0 Å². The maximum absolute atomic E-state index is 11.6. The highest BCUT2D eigenvalue weighted by molar-refractivity contribution is 5.88. The number of cyclic esters (lactones) is 1. The zero-order valence-corrected chi connectivity index (χ0v) is 9.35. The Hall–Kier alpha value is -1.55. The van der Waals surface area contributed by atoms with E-state index < -0.39 is 0 Å². The lowest BCUT2D eigenvalue weighted by molar-refractivity contribution is 0.0944. The summed E-state index contributed by atoms with van der Waals surface area (Å²) < 4.78 is 5.17. The van der Waals surface area contributed by atoms with Gasteiger partial charge in [0.1, 0.15) is 6.10 Å². The molecule has 0 aliphatic carbocycles. The zero-order chi connectivity index (χ0) is 11.5. The lowest BCUT2D eigenvalue weighted by atomic mass is 10.1. The first-order chi connectivity index (χ1) is 7.70. The van der Waals surface area contributed by atoms with Crippen molar-refractivity contribution in [3.63, 3.8) is 0 Å². The fourth-order valence-corrected chi connectivity index (χ4v) is 1.74. The Morgan fingerprint density at radius 1 is 1.44 bits per heavy atom. The molecule has 86 valence electrons. The van der Waals surface area contributed by atoms with E-state index in [9.17, 15) is 4.79 Å². The van der Waals surface area contributed by atoms with E-state index in [-0.39, 0.29) is 12.2 Å². The smallest absolute Gasteiger partial charge is 0.414 e. The topological polar surface area (TPSA) is 55.6 Å². The summed E-state index contributed by atoms with van der Waals surface area (Å²) in [7, 11) is 0. The summed E-state index contributed by atoms with van der Waals surface area (Å²) >= 11 is 0. The SMILES string of the molecule is CC1CCN(c2ccc(CN)cc2)C(=O)O1. The molecule has 1 aromatic carbocycles. The van der Waals surface area contributed by atoms with Crippen molar-refractivity contribution in [2.45, 2.75) is 26.0 Å². The molecule has 0 spiro atoms. The Kier molecular flexibility index (Phi) is 3.10. The molecule has 1 aliphatic rings. The summed E-state index contributed by atoms with van der Waals surface area (Å²) in [6.07, 6.45) is 0.621. The highest BCUT2D eigenvalue weighted by Gasteiger charge is 2.25. The second kappa shape index (κ2) is 4.53. The van der Waals surface area contributed by atoms with Crippen molar-refractivity contribution < 1.29 is 9.53 Å². The number of rotatable bonds is 2. The van der Waals surface area contributed by atoms with Gasteiger partial charge < -0.3 is 10.5 Å². The first-order valence-electron chi connectivity index (χ1n) is 5.48. The molecule has 2 N–H and O–H groups in total. The average molecular weight is 220 g/mol. The van der Waals surface area contributed by atoms with Crippen molar-refractivity contribution >= 4 is 11.8 Å². The largest absolute Gasteiger partial charge is 0.446 e. The van der Waals surface area contributed by atoms with Crippen molar-refractivity contribution in [3.05, 3.63) is 29.8 Å². The first-order valence-corrected chi connectivity index (χ1v) is 5.48. The molecule has 0 saturated carbocycles. The van der Waals surface area contributed by atoms with Crippen LogP contribution in [0.1, 0.15) is 18.9 Å². The number of amides is 1. The van der Waals surface area contributed by atoms with Gasteiger partial charge in [0.05, 0.1) is 0 Å². The molecule has 1 aliphatic heterocycles. The number of carbonyl (C=O) groups excluding carboxylic acids is 1. The summed E-state index contributed by atoms with van der Waals surface area (Å²) in [5.74, 6) is 0. The zero-order valence-electron chi connectivity index (χ0n) is 9.35. The summed E-state index contributed by atoms with van der Waals surface area (Å²) in [4.78, 5) is 13.3. The highest BCUT2D eigenvalue weighted by Crippen LogP contribution is 2.21. The van der Waals surface area contributed by atoms with Gasteiger partial charge in [-0.2, -0.15) is 0 Å². The molecule has 0 aromatic heterocycles. The summed E-state index contributed by atoms with van der Waals surface area (Å²) in [5.41, 5.74) is 7.45. The Morgan fingerprint density at radius 3 is 2.69 bits per heavy atom. The van der Waals surface area contributed by atoms with Crippen LogP contribution in [0.5, 0.6) is 0 Å². The van der Waals surface area contributed by atoms with Gasteiger partial charge in [0.15, 0.2) is 0 Å². The number of benzene rings is 1. The van der Waals surface area contributed by atoms with Gasteiger partial charge in [-0.3, -0.25) is 4.90 Å². The molecule has 4 heteroatoms. The molecule has 0 radical (unpaired) electrons. The Bertz CT molecular complexity index is 375. The van der Waals surface area contributed by atoms with Crippen molar-refractivity contribution in [2.75, 3.05) is 11.4 Å². The van der Waals surface area contributed by atoms with E-state index in [0.717, 1.165) is 17.7 Å². The van der Waals surface area contributed by atoms with Crippen LogP contribution in [-0.2, 0) is 11.3 Å². The number of ether oxygens (including phenoxy) is 1. The monoisotopic (exact) mass is 220 g/mol. The Balaban J connectivity index is 2.14. The molecule has 1 amide bonds. The van der Waals surface area contributed by atoms with Crippen LogP contribution in [-0.4, -0.2) is 18.7 Å². The third-order valence-corrected chi connectivity index (χ3v) is 2.77. The van der Waals surface area contributed by atoms with Crippen LogP contribution in [0.2, 0.25) is 0 Å². The molecular formula is C12H16N2O2. The van der Waals surface area contributed by atoms with Crippen LogP contribution < -0.4 is 10.6 Å². The molecule has 1 unspecified atom stereocenters. The fraction of sp³-hybridized carbons (Fsp3) is 0.417. The number of carbonyl (C=O) groups is 1. The van der Waals surface area contributed by atoms with Gasteiger partial charge in [-0.1, -0.05) is 12.1 Å². The molecule has 1 heterocycles. The summed E-state index contributed by atoms with van der Waals surface area (Å²) in [6, 6.07) is 7.67. The van der Waals surface area contributed by atoms with E-state index in [1.807, 2.05) is 31.2 Å². The number of anilines is 1. The minimum Gasteiger partial charge on any atom is -0.446 e. The third kappa shape index (κ3) is 2.17. The van der Waals surface area contributed by atoms with E-state index in [1.54, 1.807) is 4.90 Å². The lowest BCUT2D eigenvalue weighted by Gasteiger charge is -2.30. The Labute approximate surface area is 95.0 Å². The molecule has 1 saturated heterocycles. The van der Waals surface area contributed by atoms with Gasteiger partial charge >= 0.3 is 6.09 Å². The minimum absolute atomic E-state index is 0.0204. The van der Waals surface area contributed by atoms with Gasteiger partial charge in [0.25, 0.3) is 0 Å².